The van der Waals surface area contributed by atoms with Gasteiger partial charge in [-0.05, 0) is 48.2 Å². The summed E-state index contributed by atoms with van der Waals surface area (Å²) < 4.78 is 15.5. The molecule has 216 valence electrons. The van der Waals surface area contributed by atoms with E-state index in [0.717, 1.165) is 31.0 Å². The van der Waals surface area contributed by atoms with Crippen LogP contribution in [-0.4, -0.2) is 50.8 Å². The molecule has 2 aliphatic rings. The van der Waals surface area contributed by atoms with Gasteiger partial charge in [0.25, 0.3) is 11.5 Å². The van der Waals surface area contributed by atoms with Gasteiger partial charge in [0.1, 0.15) is 27.6 Å². The number of piperazine rings is 1. The molecule has 0 bridgehead atoms. The molecule has 2 aromatic carbocycles. The zero-order valence-electron chi connectivity index (χ0n) is 23.7. The number of hydrogen-bond donors (Lipinski definition) is 0. The highest BCUT2D eigenvalue weighted by Crippen LogP contribution is 2.37. The summed E-state index contributed by atoms with van der Waals surface area (Å²) in [5.41, 5.74) is 3.05. The van der Waals surface area contributed by atoms with Gasteiger partial charge in [0.05, 0.1) is 11.4 Å². The van der Waals surface area contributed by atoms with Crippen LogP contribution in [0.5, 0.6) is 0 Å². The molecule has 42 heavy (non-hydrogen) atoms. The monoisotopic (exact) mass is 601 g/mol. The summed E-state index contributed by atoms with van der Waals surface area (Å²) in [6.07, 6.45) is 2.51. The molecule has 5 rings (SSSR count). The molecule has 2 saturated heterocycles. The number of carbonyl (C=O) groups excluding carboxylic acids is 1. The van der Waals surface area contributed by atoms with Crippen molar-refractivity contribution in [2.75, 3.05) is 31.1 Å². The van der Waals surface area contributed by atoms with Crippen LogP contribution >= 0.6 is 24.0 Å². The van der Waals surface area contributed by atoms with Crippen LogP contribution in [-0.2, 0) is 24.4 Å². The highest BCUT2D eigenvalue weighted by Gasteiger charge is 2.34. The van der Waals surface area contributed by atoms with Gasteiger partial charge in [0.2, 0.25) is 0 Å². The van der Waals surface area contributed by atoms with E-state index in [9.17, 15) is 19.2 Å². The lowest BCUT2D eigenvalue weighted by Gasteiger charge is -2.38. The van der Waals surface area contributed by atoms with Crippen LogP contribution in [0.1, 0.15) is 41.2 Å². The molecule has 3 aromatic rings. The highest BCUT2D eigenvalue weighted by atomic mass is 32.2. The molecule has 10 heteroatoms. The average molecular weight is 602 g/mol. The van der Waals surface area contributed by atoms with Crippen molar-refractivity contribution < 1.29 is 9.18 Å². The Morgan fingerprint density at radius 1 is 1.00 bits per heavy atom. The number of carbonyl (C=O) groups is 1. The Hall–Kier alpha value is -3.78. The van der Waals surface area contributed by atoms with Crippen LogP contribution in [0.15, 0.2) is 64.3 Å². The number of benzene rings is 2. The molecule has 3 heterocycles. The van der Waals surface area contributed by atoms with Crippen molar-refractivity contribution in [1.29, 1.82) is 5.26 Å². The molecule has 2 aliphatic heterocycles. The number of pyridine rings is 1. The maximum Gasteiger partial charge on any atom is 0.270 e. The minimum absolute atomic E-state index is 0.0861. The second-order valence-electron chi connectivity index (χ2n) is 10.4. The van der Waals surface area contributed by atoms with Crippen LogP contribution in [0, 0.1) is 24.1 Å². The van der Waals surface area contributed by atoms with E-state index in [4.69, 9.17) is 12.2 Å². The zero-order chi connectivity index (χ0) is 29.8. The Bertz CT molecular complexity index is 1620. The lowest BCUT2D eigenvalue weighted by molar-refractivity contribution is -0.122. The van der Waals surface area contributed by atoms with Gasteiger partial charge in [0.15, 0.2) is 0 Å². The van der Waals surface area contributed by atoms with E-state index in [0.29, 0.717) is 46.4 Å². The smallest absolute Gasteiger partial charge is 0.270 e. The van der Waals surface area contributed by atoms with Crippen molar-refractivity contribution in [3.8, 4) is 6.07 Å². The van der Waals surface area contributed by atoms with Crippen LogP contribution in [0.3, 0.4) is 0 Å². The van der Waals surface area contributed by atoms with E-state index in [1.54, 1.807) is 29.7 Å². The van der Waals surface area contributed by atoms with Crippen molar-refractivity contribution in [3.63, 3.8) is 0 Å². The molecule has 1 amide bonds. The van der Waals surface area contributed by atoms with E-state index >= 15 is 0 Å². The van der Waals surface area contributed by atoms with Crippen molar-refractivity contribution >= 4 is 46.1 Å². The molecule has 0 unspecified atom stereocenters. The summed E-state index contributed by atoms with van der Waals surface area (Å²) in [6, 6.07) is 18.5. The van der Waals surface area contributed by atoms with Gasteiger partial charge in [-0.25, -0.2) is 4.39 Å². The summed E-state index contributed by atoms with van der Waals surface area (Å²) in [7, 11) is 0. The SMILES string of the molecule is CCCn1c(N2CCN(Cc3ccccc3)CC2)c(/C=C2\SC(=S)N(Cc3ccc(F)cc3)C2=O)c(C)c(C#N)c1=O. The number of hydrogen-bond acceptors (Lipinski definition) is 7. The fourth-order valence-electron chi connectivity index (χ4n) is 5.42. The molecule has 0 atom stereocenters. The van der Waals surface area contributed by atoms with Gasteiger partial charge >= 0.3 is 0 Å². The second kappa shape index (κ2) is 13.0. The van der Waals surface area contributed by atoms with E-state index < -0.39 is 0 Å². The van der Waals surface area contributed by atoms with E-state index in [1.807, 2.05) is 25.1 Å². The number of rotatable bonds is 8. The lowest BCUT2D eigenvalue weighted by Crippen LogP contribution is -2.48. The zero-order valence-corrected chi connectivity index (χ0v) is 25.3. The number of nitrogens with zero attached hydrogens (tertiary/aromatic N) is 5. The number of aromatic nitrogens is 1. The third kappa shape index (κ3) is 6.19. The molecule has 0 N–H and O–H groups in total. The summed E-state index contributed by atoms with van der Waals surface area (Å²) >= 11 is 6.76. The Labute approximate surface area is 254 Å². The molecular weight excluding hydrogens is 570 g/mol. The predicted molar refractivity (Wildman–Crippen MR) is 169 cm³/mol. The molecule has 0 saturated carbocycles. The number of anilines is 1. The molecule has 7 nitrogen and oxygen atoms in total. The third-order valence-electron chi connectivity index (χ3n) is 7.62. The number of nitriles is 1. The van der Waals surface area contributed by atoms with Crippen molar-refractivity contribution in [2.45, 2.75) is 39.9 Å². The summed E-state index contributed by atoms with van der Waals surface area (Å²) in [5, 5.41) is 9.94. The topological polar surface area (TPSA) is 72.6 Å². The second-order valence-corrected chi connectivity index (χ2v) is 12.1. The van der Waals surface area contributed by atoms with Gasteiger partial charge < -0.3 is 4.90 Å². The fraction of sp³-hybridized carbons (Fsp3) is 0.312. The van der Waals surface area contributed by atoms with Crippen molar-refractivity contribution in [1.82, 2.24) is 14.4 Å². The lowest BCUT2D eigenvalue weighted by atomic mass is 10.0. The number of halogens is 1. The van der Waals surface area contributed by atoms with Gasteiger partial charge in [-0.2, -0.15) is 5.26 Å². The quantitative estimate of drug-likeness (QED) is 0.256. The summed E-state index contributed by atoms with van der Waals surface area (Å²) in [6.45, 7) is 8.35. The standard InChI is InChI=1S/C32H32FN5O2S2/c1-3-13-37-29(36-16-14-35(15-17-36)20-23-7-5-4-6-8-23)26(22(2)27(19-34)30(37)39)18-28-31(40)38(32(41)42-28)21-24-9-11-25(33)12-10-24/h4-12,18H,3,13-17,20-21H2,1-2H3/b28-18-. The maximum atomic E-state index is 13.6. The first-order valence-electron chi connectivity index (χ1n) is 14.0. The summed E-state index contributed by atoms with van der Waals surface area (Å²) in [5.74, 6) is 0.143. The highest BCUT2D eigenvalue weighted by molar-refractivity contribution is 8.26. The first-order valence-corrected chi connectivity index (χ1v) is 15.2. The third-order valence-corrected chi connectivity index (χ3v) is 9.00. The Balaban J connectivity index is 1.49. The van der Waals surface area contributed by atoms with E-state index in [2.05, 4.69) is 28.0 Å². The normalized spacial score (nSPS) is 16.9. The molecule has 2 fully saturated rings. The largest absolute Gasteiger partial charge is 0.355 e. The van der Waals surface area contributed by atoms with Gasteiger partial charge in [-0.1, -0.05) is 73.4 Å². The van der Waals surface area contributed by atoms with E-state index in [-0.39, 0.29) is 29.4 Å². The molecular formula is C32H32FN5O2S2. The minimum atomic E-state index is -0.344. The number of thiocarbonyl (C=S) groups is 1. The van der Waals surface area contributed by atoms with Crippen LogP contribution in [0.25, 0.3) is 6.08 Å². The number of amides is 1. The first-order chi connectivity index (χ1) is 20.3. The predicted octanol–water partition coefficient (Wildman–Crippen LogP) is 5.30. The van der Waals surface area contributed by atoms with Gasteiger partial charge in [-0.15, -0.1) is 0 Å². The average Bonchev–Trinajstić information content (AvgIpc) is 3.25. The van der Waals surface area contributed by atoms with Crippen molar-refractivity contribution in [2.24, 2.45) is 0 Å². The van der Waals surface area contributed by atoms with Crippen LogP contribution in [0.4, 0.5) is 10.2 Å². The van der Waals surface area contributed by atoms with E-state index in [1.165, 1.54) is 34.4 Å². The molecule has 0 radical (unpaired) electrons. The molecule has 0 aliphatic carbocycles. The maximum absolute atomic E-state index is 13.6. The number of thioether (sulfide) groups is 1. The van der Waals surface area contributed by atoms with Crippen molar-refractivity contribution in [3.05, 3.63) is 103 Å². The Kier molecular flexibility index (Phi) is 9.21. The summed E-state index contributed by atoms with van der Waals surface area (Å²) in [4.78, 5) is 33.6. The Morgan fingerprint density at radius 3 is 2.31 bits per heavy atom. The fourth-order valence-corrected chi connectivity index (χ4v) is 6.65. The van der Waals surface area contributed by atoms with Gasteiger partial charge in [0, 0.05) is 44.8 Å². The van der Waals surface area contributed by atoms with Crippen LogP contribution < -0.4 is 10.5 Å². The Morgan fingerprint density at radius 2 is 1.67 bits per heavy atom. The molecule has 0 spiro atoms. The van der Waals surface area contributed by atoms with Crippen LogP contribution in [0.2, 0.25) is 0 Å². The minimum Gasteiger partial charge on any atom is -0.355 e. The molecule has 1 aromatic heterocycles. The van der Waals surface area contributed by atoms with Gasteiger partial charge in [-0.3, -0.25) is 24.0 Å². The first kappa shape index (κ1) is 29.7.